The third kappa shape index (κ3) is 2.82. The Labute approximate surface area is 83.1 Å². The van der Waals surface area contributed by atoms with Crippen LogP contribution in [0.2, 0.25) is 0 Å². The minimum atomic E-state index is -3.07. The number of aromatic nitrogens is 1. The van der Waals surface area contributed by atoms with Gasteiger partial charge in [0.2, 0.25) is 0 Å². The lowest BCUT2D eigenvalue weighted by molar-refractivity contribution is 0.601. The maximum absolute atomic E-state index is 11.0. The van der Waals surface area contributed by atoms with E-state index < -0.39 is 9.84 Å². The molecule has 0 atom stereocenters. The average molecular weight is 210 g/mol. The zero-order valence-corrected chi connectivity index (χ0v) is 8.80. The lowest BCUT2D eigenvalue weighted by atomic mass is 10.2. The van der Waals surface area contributed by atoms with Crippen LogP contribution in [0.3, 0.4) is 0 Å². The van der Waals surface area contributed by atoms with Gasteiger partial charge in [-0.2, -0.15) is 5.26 Å². The van der Waals surface area contributed by atoms with Crippen LogP contribution in [0, 0.1) is 18.3 Å². The first-order valence-electron chi connectivity index (χ1n) is 3.96. The zero-order chi connectivity index (χ0) is 10.8. The third-order valence-electron chi connectivity index (χ3n) is 1.74. The van der Waals surface area contributed by atoms with E-state index in [1.54, 1.807) is 13.0 Å². The van der Waals surface area contributed by atoms with Crippen molar-refractivity contribution in [2.75, 3.05) is 6.26 Å². The fourth-order valence-corrected chi connectivity index (χ4v) is 1.93. The highest BCUT2D eigenvalue weighted by Gasteiger charge is 2.08. The van der Waals surface area contributed by atoms with Crippen molar-refractivity contribution < 1.29 is 8.42 Å². The first-order chi connectivity index (χ1) is 6.42. The van der Waals surface area contributed by atoms with Crippen LogP contribution in [0.25, 0.3) is 0 Å². The number of nitriles is 1. The smallest absolute Gasteiger partial charge is 0.151 e. The molecule has 1 aromatic heterocycles. The molecule has 4 nitrogen and oxygen atoms in total. The van der Waals surface area contributed by atoms with E-state index in [9.17, 15) is 8.42 Å². The van der Waals surface area contributed by atoms with Crippen molar-refractivity contribution in [3.63, 3.8) is 0 Å². The van der Waals surface area contributed by atoms with E-state index >= 15 is 0 Å². The van der Waals surface area contributed by atoms with Crippen molar-refractivity contribution in [1.29, 1.82) is 5.26 Å². The Balaban J connectivity index is 3.15. The van der Waals surface area contributed by atoms with Crippen LogP contribution < -0.4 is 0 Å². The molecule has 1 aromatic rings. The average Bonchev–Trinajstić information content (AvgIpc) is 2.06. The van der Waals surface area contributed by atoms with Crippen LogP contribution in [-0.4, -0.2) is 19.7 Å². The fourth-order valence-electron chi connectivity index (χ4n) is 1.07. The van der Waals surface area contributed by atoms with Gasteiger partial charge in [0.25, 0.3) is 0 Å². The SMILES string of the molecule is Cc1ncc(C#N)cc1CS(C)(=O)=O. The minimum absolute atomic E-state index is 0.0681. The third-order valence-corrected chi connectivity index (χ3v) is 2.57. The predicted molar refractivity (Wildman–Crippen MR) is 52.2 cm³/mol. The summed E-state index contributed by atoms with van der Waals surface area (Å²) in [6.07, 6.45) is 2.59. The van der Waals surface area contributed by atoms with E-state index in [0.717, 1.165) is 6.26 Å². The molecule has 0 unspecified atom stereocenters. The summed E-state index contributed by atoms with van der Waals surface area (Å²) in [6, 6.07) is 3.48. The molecule has 74 valence electrons. The van der Waals surface area contributed by atoms with Crippen LogP contribution in [0.1, 0.15) is 16.8 Å². The Hall–Kier alpha value is -1.41. The second-order valence-corrected chi connectivity index (χ2v) is 5.29. The number of hydrogen-bond donors (Lipinski definition) is 0. The lowest BCUT2D eigenvalue weighted by Gasteiger charge is -2.03. The molecule has 0 aliphatic heterocycles. The second-order valence-electron chi connectivity index (χ2n) is 3.15. The minimum Gasteiger partial charge on any atom is -0.260 e. The van der Waals surface area contributed by atoms with Crippen LogP contribution in [0.4, 0.5) is 0 Å². The first kappa shape index (κ1) is 10.7. The highest BCUT2D eigenvalue weighted by molar-refractivity contribution is 7.89. The van der Waals surface area contributed by atoms with Crippen LogP contribution in [-0.2, 0) is 15.6 Å². The van der Waals surface area contributed by atoms with Gasteiger partial charge in [-0.3, -0.25) is 4.98 Å². The van der Waals surface area contributed by atoms with Gasteiger partial charge in [-0.1, -0.05) is 0 Å². The van der Waals surface area contributed by atoms with E-state index in [1.807, 2.05) is 6.07 Å². The second kappa shape index (κ2) is 3.76. The van der Waals surface area contributed by atoms with Gasteiger partial charge in [0.15, 0.2) is 9.84 Å². The molecule has 14 heavy (non-hydrogen) atoms. The number of aryl methyl sites for hydroxylation is 1. The molecular weight excluding hydrogens is 200 g/mol. The summed E-state index contributed by atoms with van der Waals surface area (Å²) in [5.74, 6) is -0.0681. The Morgan fingerprint density at radius 1 is 1.57 bits per heavy atom. The van der Waals surface area contributed by atoms with Gasteiger partial charge >= 0.3 is 0 Å². The largest absolute Gasteiger partial charge is 0.260 e. The van der Waals surface area contributed by atoms with Crippen LogP contribution in [0.15, 0.2) is 12.3 Å². The summed E-state index contributed by atoms with van der Waals surface area (Å²) < 4.78 is 22.1. The highest BCUT2D eigenvalue weighted by Crippen LogP contribution is 2.10. The summed E-state index contributed by atoms with van der Waals surface area (Å²) in [5, 5.41) is 8.61. The number of pyridine rings is 1. The van der Waals surface area contributed by atoms with Crippen molar-refractivity contribution in [2.45, 2.75) is 12.7 Å². The first-order valence-corrected chi connectivity index (χ1v) is 6.02. The maximum atomic E-state index is 11.0. The van der Waals surface area contributed by atoms with Crippen molar-refractivity contribution in [3.8, 4) is 6.07 Å². The van der Waals surface area contributed by atoms with Crippen molar-refractivity contribution in [1.82, 2.24) is 4.98 Å². The van der Waals surface area contributed by atoms with Gasteiger partial charge in [0.1, 0.15) is 6.07 Å². The molecule has 0 N–H and O–H groups in total. The molecule has 1 rings (SSSR count). The normalized spacial score (nSPS) is 10.9. The predicted octanol–water partition coefficient (Wildman–Crippen LogP) is 0.806. The standard InChI is InChI=1S/C9H10N2O2S/c1-7-9(6-14(2,12)13)3-8(4-10)5-11-7/h3,5H,6H2,1-2H3. The van der Waals surface area contributed by atoms with Gasteiger partial charge in [-0.15, -0.1) is 0 Å². The van der Waals surface area contributed by atoms with E-state index in [-0.39, 0.29) is 5.75 Å². The zero-order valence-electron chi connectivity index (χ0n) is 7.98. The number of sulfone groups is 1. The van der Waals surface area contributed by atoms with Crippen LogP contribution in [0.5, 0.6) is 0 Å². The summed E-state index contributed by atoms with van der Waals surface area (Å²) >= 11 is 0. The lowest BCUT2D eigenvalue weighted by Crippen LogP contribution is -2.04. The quantitative estimate of drug-likeness (QED) is 0.724. The topological polar surface area (TPSA) is 70.8 Å². The molecule has 0 aliphatic carbocycles. The number of hydrogen-bond acceptors (Lipinski definition) is 4. The van der Waals surface area contributed by atoms with Crippen molar-refractivity contribution in [3.05, 3.63) is 29.1 Å². The van der Waals surface area contributed by atoms with Gasteiger partial charge in [-0.25, -0.2) is 8.42 Å². The van der Waals surface area contributed by atoms with E-state index in [1.165, 1.54) is 6.20 Å². The molecule has 0 aliphatic rings. The Morgan fingerprint density at radius 3 is 2.71 bits per heavy atom. The highest BCUT2D eigenvalue weighted by atomic mass is 32.2. The van der Waals surface area contributed by atoms with E-state index in [4.69, 9.17) is 5.26 Å². The summed E-state index contributed by atoms with van der Waals surface area (Å²) in [5.41, 5.74) is 1.62. The number of rotatable bonds is 2. The Bertz CT molecular complexity index is 486. The fraction of sp³-hybridized carbons (Fsp3) is 0.333. The van der Waals surface area contributed by atoms with E-state index in [2.05, 4.69) is 4.98 Å². The summed E-state index contributed by atoms with van der Waals surface area (Å²) in [6.45, 7) is 1.72. The Morgan fingerprint density at radius 2 is 2.21 bits per heavy atom. The summed E-state index contributed by atoms with van der Waals surface area (Å²) in [7, 11) is -3.07. The summed E-state index contributed by atoms with van der Waals surface area (Å²) in [4.78, 5) is 3.95. The van der Waals surface area contributed by atoms with Gasteiger partial charge in [-0.05, 0) is 18.6 Å². The molecule has 0 saturated heterocycles. The van der Waals surface area contributed by atoms with Gasteiger partial charge in [0.05, 0.1) is 11.3 Å². The monoisotopic (exact) mass is 210 g/mol. The van der Waals surface area contributed by atoms with Gasteiger partial charge < -0.3 is 0 Å². The maximum Gasteiger partial charge on any atom is 0.151 e. The number of nitrogens with zero attached hydrogens (tertiary/aromatic N) is 2. The molecule has 0 fully saturated rings. The van der Waals surface area contributed by atoms with Crippen molar-refractivity contribution >= 4 is 9.84 Å². The van der Waals surface area contributed by atoms with E-state index in [0.29, 0.717) is 16.8 Å². The van der Waals surface area contributed by atoms with Gasteiger partial charge in [0, 0.05) is 18.1 Å². The molecular formula is C9H10N2O2S. The van der Waals surface area contributed by atoms with Crippen molar-refractivity contribution in [2.24, 2.45) is 0 Å². The van der Waals surface area contributed by atoms with Crippen LogP contribution >= 0.6 is 0 Å². The molecule has 0 bridgehead atoms. The molecule has 0 amide bonds. The molecule has 0 radical (unpaired) electrons. The Kier molecular flexibility index (Phi) is 2.87. The molecule has 1 heterocycles. The molecule has 5 heteroatoms. The molecule has 0 spiro atoms. The molecule has 0 saturated carbocycles. The molecule has 0 aromatic carbocycles.